The summed E-state index contributed by atoms with van der Waals surface area (Å²) < 4.78 is 76.2. The first kappa shape index (κ1) is 29.2. The lowest BCUT2D eigenvalue weighted by atomic mass is 9.96. The molecule has 0 amide bonds. The van der Waals surface area contributed by atoms with Crippen molar-refractivity contribution in [1.82, 2.24) is 0 Å². The van der Waals surface area contributed by atoms with Crippen LogP contribution in [0.25, 0.3) is 0 Å². The third-order valence-electron chi connectivity index (χ3n) is 5.27. The van der Waals surface area contributed by atoms with Crippen LogP contribution in [0.3, 0.4) is 0 Å². The van der Waals surface area contributed by atoms with Crippen molar-refractivity contribution in [2.24, 2.45) is 0 Å². The molecule has 0 aliphatic carbocycles. The predicted molar refractivity (Wildman–Crippen MR) is 117 cm³/mol. The van der Waals surface area contributed by atoms with Gasteiger partial charge < -0.3 is 18.6 Å². The molecule has 1 heterocycles. The summed E-state index contributed by atoms with van der Waals surface area (Å²) in [5.41, 5.74) is -4.45. The zero-order valence-corrected chi connectivity index (χ0v) is 21.6. The van der Waals surface area contributed by atoms with Crippen LogP contribution in [0.2, 0.25) is 18.1 Å². The molecule has 2 atom stereocenters. The Kier molecular flexibility index (Phi) is 9.79. The summed E-state index contributed by atoms with van der Waals surface area (Å²) in [5, 5.41) is 0.0956. The summed E-state index contributed by atoms with van der Waals surface area (Å²) in [6, 6.07) is 8.12. The first-order valence-electron chi connectivity index (χ1n) is 10.2. The van der Waals surface area contributed by atoms with Gasteiger partial charge in [-0.15, -0.1) is 0 Å². The van der Waals surface area contributed by atoms with Gasteiger partial charge in [-0.2, -0.15) is 18.0 Å². The van der Waals surface area contributed by atoms with Crippen LogP contribution in [0.15, 0.2) is 24.3 Å². The number of nitrogens with zero attached hydrogens (tertiary/aromatic N) is 1. The van der Waals surface area contributed by atoms with Gasteiger partial charge in [-0.3, -0.25) is 0 Å². The van der Waals surface area contributed by atoms with Gasteiger partial charge in [-0.25, -0.2) is 8.42 Å². The summed E-state index contributed by atoms with van der Waals surface area (Å²) in [7, 11) is -6.41. The fourth-order valence-corrected chi connectivity index (χ4v) is 3.21. The van der Waals surface area contributed by atoms with E-state index in [2.05, 4.69) is 46.0 Å². The molecule has 0 radical (unpaired) electrons. The summed E-state index contributed by atoms with van der Waals surface area (Å²) in [5.74, 6) is 1.02. The molecule has 1 aliphatic rings. The van der Waals surface area contributed by atoms with E-state index >= 15 is 0 Å². The minimum Gasteiger partial charge on any atom is -0.741 e. The van der Waals surface area contributed by atoms with E-state index in [4.69, 9.17) is 31.8 Å². The highest BCUT2D eigenvalue weighted by Gasteiger charge is 2.47. The molecule has 1 aromatic carbocycles. The monoisotopic (exact) mass is 515 g/mol. The Morgan fingerprint density at radius 2 is 1.70 bits per heavy atom. The lowest BCUT2D eigenvalue weighted by Gasteiger charge is -2.32. The number of methoxy groups -OCH3 is 1. The molecule has 0 saturated carbocycles. The molecule has 190 valence electrons. The molecule has 13 heteroatoms. The van der Waals surface area contributed by atoms with Crippen molar-refractivity contribution in [2.45, 2.75) is 70.0 Å². The van der Waals surface area contributed by atoms with E-state index < -0.39 is 23.9 Å². The molecule has 0 saturated heterocycles. The Balaban J connectivity index is 0.000000582. The number of hydrogen-bond donors (Lipinski definition) is 0. The van der Waals surface area contributed by atoms with Crippen molar-refractivity contribution in [3.8, 4) is 5.75 Å². The third kappa shape index (κ3) is 8.79. The van der Waals surface area contributed by atoms with Gasteiger partial charge in [-0.1, -0.05) is 32.9 Å². The van der Waals surface area contributed by atoms with E-state index in [1.807, 2.05) is 25.3 Å². The summed E-state index contributed by atoms with van der Waals surface area (Å²) in [6.45, 7) is 13.6. The van der Waals surface area contributed by atoms with Crippen LogP contribution in [0, 0.1) is 0 Å². The molecule has 0 N–H and O–H groups in total. The highest BCUT2D eigenvalue weighted by molar-refractivity contribution is 7.86. The lowest BCUT2D eigenvalue weighted by molar-refractivity contribution is -0.959. The number of benzene rings is 1. The summed E-state index contributed by atoms with van der Waals surface area (Å²) in [4.78, 5) is 7.45. The van der Waals surface area contributed by atoms with Crippen molar-refractivity contribution in [1.29, 1.82) is 0 Å². The Morgan fingerprint density at radius 3 is 2.09 bits per heavy atom. The van der Waals surface area contributed by atoms with E-state index in [0.717, 1.165) is 12.2 Å². The van der Waals surface area contributed by atoms with Gasteiger partial charge in [0.1, 0.15) is 5.75 Å². The second kappa shape index (κ2) is 11.1. The Morgan fingerprint density at radius 1 is 1.18 bits per heavy atom. The van der Waals surface area contributed by atoms with Crippen LogP contribution in [0.1, 0.15) is 45.6 Å². The third-order valence-corrected chi connectivity index (χ3v) is 10.1. The largest absolute Gasteiger partial charge is 0.741 e. The molecule has 33 heavy (non-hydrogen) atoms. The van der Waals surface area contributed by atoms with Crippen LogP contribution in [0.5, 0.6) is 5.75 Å². The normalized spacial score (nSPS) is 19.5. The Hall–Kier alpha value is -1.83. The van der Waals surface area contributed by atoms with Gasteiger partial charge in [0.05, 0.1) is 13.0 Å². The minimum atomic E-state index is -6.09. The van der Waals surface area contributed by atoms with Crippen molar-refractivity contribution in [3.63, 3.8) is 0 Å². The fourth-order valence-electron chi connectivity index (χ4n) is 2.38. The number of rotatable bonds is 6. The Labute approximate surface area is 194 Å². The lowest BCUT2D eigenvalue weighted by Crippen LogP contribution is -2.46. The van der Waals surface area contributed by atoms with Crippen LogP contribution in [-0.4, -0.2) is 57.9 Å². The standard InChI is InChI=1S/C19H32NO4Si.CHF3O3S/c1-8-22-18-13-16(15-9-11-17(21-5)12-10-15)14-20(23-18)24-25(6,7)19(2,3)4;2-1(3,4)8(5,6)7/h9-12,14,16,18H,8,13H2,1-7H3;(H,5,6,7)/q+1;/p-1/t16-,18-;/m1./s1. The average Bonchev–Trinajstić information content (AvgIpc) is 2.66. The van der Waals surface area contributed by atoms with Gasteiger partial charge in [0.15, 0.2) is 15.0 Å². The highest BCUT2D eigenvalue weighted by atomic mass is 32.2. The van der Waals surface area contributed by atoms with Crippen molar-refractivity contribution < 1.29 is 49.9 Å². The molecule has 0 bridgehead atoms. The maximum atomic E-state index is 10.7. The predicted octanol–water partition coefficient (Wildman–Crippen LogP) is 4.55. The fraction of sp³-hybridized carbons (Fsp3) is 0.650. The molecule has 1 aromatic rings. The molecule has 1 aliphatic heterocycles. The SMILES string of the molecule is CCO[C@H]1C[C@@H](c2ccc(OC)cc2)C=[N+](O[Si](C)(C)C(C)(C)C)O1.O=S(=O)([O-])C(F)(F)F. The number of alkyl halides is 3. The van der Waals surface area contributed by atoms with Gasteiger partial charge in [0.2, 0.25) is 0 Å². The molecule has 0 unspecified atom stereocenters. The summed E-state index contributed by atoms with van der Waals surface area (Å²) in [6.07, 6.45) is 2.46. The van der Waals surface area contributed by atoms with Crippen LogP contribution in [0.4, 0.5) is 13.2 Å². The average molecular weight is 516 g/mol. The first-order chi connectivity index (χ1) is 14.9. The number of halogens is 3. The molecule has 8 nitrogen and oxygen atoms in total. The first-order valence-corrected chi connectivity index (χ1v) is 14.5. The van der Waals surface area contributed by atoms with Gasteiger partial charge in [0, 0.05) is 13.0 Å². The molecule has 0 spiro atoms. The van der Waals surface area contributed by atoms with Crippen molar-refractivity contribution in [3.05, 3.63) is 29.8 Å². The van der Waals surface area contributed by atoms with E-state index in [-0.39, 0.29) is 17.2 Å². The van der Waals surface area contributed by atoms with Gasteiger partial charge in [0.25, 0.3) is 12.5 Å². The summed E-state index contributed by atoms with van der Waals surface area (Å²) >= 11 is 0. The van der Waals surface area contributed by atoms with E-state index in [0.29, 0.717) is 6.61 Å². The Bertz CT molecular complexity index is 898. The molecular formula is C20H32F3NO7SSi. The van der Waals surface area contributed by atoms with Crippen LogP contribution >= 0.6 is 0 Å². The van der Waals surface area contributed by atoms with E-state index in [1.54, 1.807) is 12.0 Å². The maximum absolute atomic E-state index is 10.7. The highest BCUT2D eigenvalue weighted by Crippen LogP contribution is 2.37. The van der Waals surface area contributed by atoms with E-state index in [1.165, 1.54) is 5.56 Å². The molecule has 0 aromatic heterocycles. The van der Waals surface area contributed by atoms with Crippen LogP contribution in [-0.2, 0) is 24.2 Å². The van der Waals surface area contributed by atoms with Crippen molar-refractivity contribution in [2.75, 3.05) is 13.7 Å². The molecular weight excluding hydrogens is 483 g/mol. The molecule has 2 rings (SSSR count). The maximum Gasteiger partial charge on any atom is 0.485 e. The molecule has 0 fully saturated rings. The second-order valence-electron chi connectivity index (χ2n) is 8.79. The second-order valence-corrected chi connectivity index (χ2v) is 14.9. The quantitative estimate of drug-likeness (QED) is 0.312. The van der Waals surface area contributed by atoms with E-state index in [9.17, 15) is 13.2 Å². The topological polar surface area (TPSA) is 97.1 Å². The van der Waals surface area contributed by atoms with Gasteiger partial charge >= 0.3 is 13.8 Å². The number of hydrogen-bond acceptors (Lipinski definition) is 7. The van der Waals surface area contributed by atoms with Gasteiger partial charge in [-0.05, 0) is 42.8 Å². The smallest absolute Gasteiger partial charge is 0.485 e. The van der Waals surface area contributed by atoms with Crippen molar-refractivity contribution >= 4 is 24.7 Å². The zero-order valence-electron chi connectivity index (χ0n) is 19.8. The van der Waals surface area contributed by atoms with Crippen LogP contribution < -0.4 is 4.74 Å². The zero-order chi connectivity index (χ0) is 25.7. The number of ether oxygens (including phenoxy) is 2. The minimum absolute atomic E-state index is 0.0956.